The van der Waals surface area contributed by atoms with E-state index in [4.69, 9.17) is 20.3 Å². The highest BCUT2D eigenvalue weighted by atomic mass is 16.5. The summed E-state index contributed by atoms with van der Waals surface area (Å²) >= 11 is 0. The molecule has 0 aliphatic carbocycles. The number of carbonyl (C=O) groups excluding carboxylic acids is 1. The molecule has 0 aromatic carbocycles. The first-order valence-corrected chi connectivity index (χ1v) is 5.54. The Bertz CT molecular complexity index is 266. The van der Waals surface area contributed by atoms with Crippen molar-refractivity contribution in [3.05, 3.63) is 0 Å². The number of aliphatic hydroxyl groups excluding tert-OH is 1. The van der Waals surface area contributed by atoms with Crippen LogP contribution in [0.4, 0.5) is 0 Å². The van der Waals surface area contributed by atoms with Crippen molar-refractivity contribution in [2.75, 3.05) is 39.5 Å². The summed E-state index contributed by atoms with van der Waals surface area (Å²) in [6.45, 7) is 2.15. The second-order valence-corrected chi connectivity index (χ2v) is 4.39. The molecule has 3 N–H and O–H groups in total. The molecule has 2 unspecified atom stereocenters. The summed E-state index contributed by atoms with van der Waals surface area (Å²) in [5.41, 5.74) is 5.12. The maximum absolute atomic E-state index is 12.2. The van der Waals surface area contributed by atoms with Crippen molar-refractivity contribution < 1.29 is 19.4 Å². The predicted molar refractivity (Wildman–Crippen MR) is 55.8 cm³/mol. The van der Waals surface area contributed by atoms with E-state index >= 15 is 0 Å². The maximum atomic E-state index is 12.2. The molecule has 0 bridgehead atoms. The monoisotopic (exact) mass is 230 g/mol. The van der Waals surface area contributed by atoms with Crippen LogP contribution in [0.2, 0.25) is 0 Å². The largest absolute Gasteiger partial charge is 0.394 e. The van der Waals surface area contributed by atoms with Gasteiger partial charge in [-0.15, -0.1) is 0 Å². The lowest BCUT2D eigenvalue weighted by atomic mass is 9.98. The van der Waals surface area contributed by atoms with E-state index in [0.717, 1.165) is 0 Å². The third-order valence-corrected chi connectivity index (χ3v) is 3.11. The molecule has 2 saturated heterocycles. The lowest BCUT2D eigenvalue weighted by Crippen LogP contribution is -2.59. The van der Waals surface area contributed by atoms with Crippen LogP contribution in [0.3, 0.4) is 0 Å². The van der Waals surface area contributed by atoms with Crippen LogP contribution in [0.15, 0.2) is 0 Å². The van der Waals surface area contributed by atoms with Gasteiger partial charge in [-0.3, -0.25) is 4.79 Å². The topological polar surface area (TPSA) is 85.0 Å². The van der Waals surface area contributed by atoms with Crippen molar-refractivity contribution in [3.63, 3.8) is 0 Å². The molecule has 16 heavy (non-hydrogen) atoms. The van der Waals surface area contributed by atoms with Gasteiger partial charge in [0.1, 0.15) is 5.54 Å². The van der Waals surface area contributed by atoms with E-state index in [0.29, 0.717) is 32.7 Å². The van der Waals surface area contributed by atoms with Gasteiger partial charge in [0.25, 0.3) is 0 Å². The van der Waals surface area contributed by atoms with Crippen molar-refractivity contribution in [2.24, 2.45) is 5.73 Å². The first kappa shape index (κ1) is 11.8. The number of ether oxygens (including phenoxy) is 2. The fourth-order valence-electron chi connectivity index (χ4n) is 2.08. The van der Waals surface area contributed by atoms with Crippen LogP contribution in [0.1, 0.15) is 6.42 Å². The van der Waals surface area contributed by atoms with Crippen molar-refractivity contribution in [2.45, 2.75) is 18.1 Å². The number of morpholine rings is 1. The summed E-state index contributed by atoms with van der Waals surface area (Å²) in [6.07, 6.45) is 0.274. The zero-order chi connectivity index (χ0) is 11.6. The van der Waals surface area contributed by atoms with Gasteiger partial charge >= 0.3 is 0 Å². The van der Waals surface area contributed by atoms with Crippen LogP contribution in [0, 0.1) is 0 Å². The molecule has 6 heteroatoms. The van der Waals surface area contributed by atoms with Gasteiger partial charge < -0.3 is 25.2 Å². The number of carbonyl (C=O) groups is 1. The van der Waals surface area contributed by atoms with Gasteiger partial charge in [0, 0.05) is 19.7 Å². The van der Waals surface area contributed by atoms with E-state index < -0.39 is 5.54 Å². The molecule has 0 aromatic heterocycles. The minimum absolute atomic E-state index is 0.0716. The van der Waals surface area contributed by atoms with E-state index in [2.05, 4.69) is 0 Å². The van der Waals surface area contributed by atoms with Crippen molar-refractivity contribution in [3.8, 4) is 0 Å². The zero-order valence-corrected chi connectivity index (χ0v) is 9.22. The first-order chi connectivity index (χ1) is 7.65. The first-order valence-electron chi connectivity index (χ1n) is 5.54. The van der Waals surface area contributed by atoms with Crippen LogP contribution in [-0.2, 0) is 14.3 Å². The smallest absolute Gasteiger partial charge is 0.245 e. The van der Waals surface area contributed by atoms with E-state index in [1.165, 1.54) is 0 Å². The van der Waals surface area contributed by atoms with E-state index in [-0.39, 0.29) is 25.2 Å². The molecule has 2 aliphatic rings. The molecule has 2 atom stereocenters. The Hall–Kier alpha value is -0.690. The second-order valence-electron chi connectivity index (χ2n) is 4.39. The SMILES string of the molecule is NC1(C(=O)N2CCOC(CO)C2)CCOC1. The van der Waals surface area contributed by atoms with Crippen molar-refractivity contribution in [1.29, 1.82) is 0 Å². The number of hydrogen-bond acceptors (Lipinski definition) is 5. The Kier molecular flexibility index (Phi) is 3.44. The summed E-state index contributed by atoms with van der Waals surface area (Å²) in [7, 11) is 0. The van der Waals surface area contributed by atoms with Crippen LogP contribution >= 0.6 is 0 Å². The third kappa shape index (κ3) is 2.20. The number of nitrogens with zero attached hydrogens (tertiary/aromatic N) is 1. The average molecular weight is 230 g/mol. The minimum Gasteiger partial charge on any atom is -0.394 e. The fraction of sp³-hybridized carbons (Fsp3) is 0.900. The molecule has 2 rings (SSSR count). The summed E-state index contributed by atoms with van der Waals surface area (Å²) in [5.74, 6) is -0.0910. The van der Waals surface area contributed by atoms with E-state index in [1.807, 2.05) is 0 Å². The number of rotatable bonds is 2. The molecule has 1 amide bonds. The summed E-state index contributed by atoms with van der Waals surface area (Å²) < 4.78 is 10.5. The number of aliphatic hydroxyl groups is 1. The van der Waals surface area contributed by atoms with Gasteiger partial charge in [-0.2, -0.15) is 0 Å². The number of hydrogen-bond donors (Lipinski definition) is 2. The van der Waals surface area contributed by atoms with E-state index in [1.54, 1.807) is 4.90 Å². The third-order valence-electron chi connectivity index (χ3n) is 3.11. The second kappa shape index (κ2) is 4.67. The number of nitrogens with two attached hydrogens (primary N) is 1. The zero-order valence-electron chi connectivity index (χ0n) is 9.22. The van der Waals surface area contributed by atoms with Gasteiger partial charge in [-0.25, -0.2) is 0 Å². The maximum Gasteiger partial charge on any atom is 0.245 e. The molecule has 0 spiro atoms. The van der Waals surface area contributed by atoms with Gasteiger partial charge in [-0.05, 0) is 6.42 Å². The van der Waals surface area contributed by atoms with Crippen LogP contribution in [0.25, 0.3) is 0 Å². The average Bonchev–Trinajstić information content (AvgIpc) is 2.76. The van der Waals surface area contributed by atoms with Crippen LogP contribution in [0.5, 0.6) is 0 Å². The normalized spacial score (nSPS) is 35.4. The summed E-state index contributed by atoms with van der Waals surface area (Å²) in [5, 5.41) is 9.00. The van der Waals surface area contributed by atoms with Crippen LogP contribution < -0.4 is 5.73 Å². The van der Waals surface area contributed by atoms with Crippen molar-refractivity contribution in [1.82, 2.24) is 4.90 Å². The van der Waals surface area contributed by atoms with Gasteiger partial charge in [0.05, 0.1) is 25.9 Å². The van der Waals surface area contributed by atoms with Gasteiger partial charge in [0.15, 0.2) is 0 Å². The molecule has 92 valence electrons. The predicted octanol–water partition coefficient (Wildman–Crippen LogP) is -1.68. The Morgan fingerprint density at radius 2 is 2.38 bits per heavy atom. The Morgan fingerprint density at radius 1 is 1.56 bits per heavy atom. The molecule has 6 nitrogen and oxygen atoms in total. The fourth-order valence-corrected chi connectivity index (χ4v) is 2.08. The molecule has 0 saturated carbocycles. The molecule has 0 radical (unpaired) electrons. The Labute approximate surface area is 94.3 Å². The molecule has 0 aromatic rings. The highest BCUT2D eigenvalue weighted by Gasteiger charge is 2.42. The summed E-state index contributed by atoms with van der Waals surface area (Å²) in [6, 6.07) is 0. The molecule has 2 aliphatic heterocycles. The molecular weight excluding hydrogens is 212 g/mol. The van der Waals surface area contributed by atoms with Crippen molar-refractivity contribution >= 4 is 5.91 Å². The summed E-state index contributed by atoms with van der Waals surface area (Å²) in [4.78, 5) is 13.8. The van der Waals surface area contributed by atoms with E-state index in [9.17, 15) is 4.79 Å². The van der Waals surface area contributed by atoms with Crippen LogP contribution in [-0.4, -0.2) is 67.1 Å². The highest BCUT2D eigenvalue weighted by molar-refractivity contribution is 5.86. The van der Waals surface area contributed by atoms with Gasteiger partial charge in [0.2, 0.25) is 5.91 Å². The Balaban J connectivity index is 1.98. The molecule has 2 heterocycles. The lowest BCUT2D eigenvalue weighted by molar-refractivity contribution is -0.146. The molecular formula is C10H18N2O4. The number of amides is 1. The highest BCUT2D eigenvalue weighted by Crippen LogP contribution is 2.20. The standard InChI is InChI=1S/C10H18N2O4/c11-10(1-3-15-7-10)9(14)12-2-4-16-8(5-12)6-13/h8,13H,1-7,11H2. The van der Waals surface area contributed by atoms with Gasteiger partial charge in [-0.1, -0.05) is 0 Å². The molecule has 2 fully saturated rings. The quantitative estimate of drug-likeness (QED) is 0.592. The minimum atomic E-state index is -0.878. The lowest BCUT2D eigenvalue weighted by Gasteiger charge is -2.36. The Morgan fingerprint density at radius 3 is 3.00 bits per heavy atom.